The van der Waals surface area contributed by atoms with E-state index in [1.807, 2.05) is 0 Å². The van der Waals surface area contributed by atoms with Crippen molar-refractivity contribution in [3.63, 3.8) is 0 Å². The molecule has 2 saturated heterocycles. The van der Waals surface area contributed by atoms with Crippen molar-refractivity contribution in [1.29, 1.82) is 0 Å². The van der Waals surface area contributed by atoms with E-state index >= 15 is 0 Å². The van der Waals surface area contributed by atoms with Crippen LogP contribution in [0.15, 0.2) is 18.2 Å². The van der Waals surface area contributed by atoms with E-state index < -0.39 is 17.9 Å². The van der Waals surface area contributed by atoms with Crippen LogP contribution in [0, 0.1) is 5.92 Å². The average Bonchev–Trinajstić information content (AvgIpc) is 3.23. The van der Waals surface area contributed by atoms with Gasteiger partial charge in [0.25, 0.3) is 0 Å². The standard InChI is InChI=1S/C17H17N3O6/c21-14-4-2-11(17(24)19-14)18-16(23)9-5-15(22)20(7-9)10-1-3-12-13(6-10)26-8-25-12/h1,3,6,9,11H,2,4-5,7-8H2,(H,18,23)(H,19,21,24). The molecule has 2 fully saturated rings. The predicted molar refractivity (Wildman–Crippen MR) is 87.3 cm³/mol. The molecule has 0 saturated carbocycles. The zero-order valence-electron chi connectivity index (χ0n) is 13.8. The van der Waals surface area contributed by atoms with Crippen LogP contribution in [-0.2, 0) is 19.2 Å². The van der Waals surface area contributed by atoms with Crippen LogP contribution in [0.3, 0.4) is 0 Å². The summed E-state index contributed by atoms with van der Waals surface area (Å²) in [5, 5.41) is 4.84. The van der Waals surface area contributed by atoms with Gasteiger partial charge in [-0.25, -0.2) is 0 Å². The first-order valence-electron chi connectivity index (χ1n) is 8.35. The van der Waals surface area contributed by atoms with Gasteiger partial charge in [-0.15, -0.1) is 0 Å². The number of rotatable bonds is 3. The molecule has 9 heteroatoms. The average molecular weight is 359 g/mol. The Labute approximate surface area is 148 Å². The summed E-state index contributed by atoms with van der Waals surface area (Å²) in [6.07, 6.45) is 0.514. The molecule has 2 unspecified atom stereocenters. The lowest BCUT2D eigenvalue weighted by atomic mass is 10.0. The van der Waals surface area contributed by atoms with Crippen LogP contribution in [0.4, 0.5) is 5.69 Å². The second-order valence-electron chi connectivity index (χ2n) is 6.46. The molecular weight excluding hydrogens is 342 g/mol. The van der Waals surface area contributed by atoms with Gasteiger partial charge in [-0.1, -0.05) is 0 Å². The molecule has 0 aliphatic carbocycles. The number of carbonyl (C=O) groups excluding carboxylic acids is 4. The third kappa shape index (κ3) is 2.96. The molecule has 1 aromatic carbocycles. The lowest BCUT2D eigenvalue weighted by molar-refractivity contribution is -0.138. The maximum atomic E-state index is 12.5. The van der Waals surface area contributed by atoms with Gasteiger partial charge in [-0.05, 0) is 18.6 Å². The van der Waals surface area contributed by atoms with Crippen LogP contribution in [0.25, 0.3) is 0 Å². The van der Waals surface area contributed by atoms with E-state index in [0.717, 1.165) is 0 Å². The second-order valence-corrected chi connectivity index (χ2v) is 6.46. The number of hydrogen-bond acceptors (Lipinski definition) is 6. The lowest BCUT2D eigenvalue weighted by Crippen LogP contribution is -2.53. The van der Waals surface area contributed by atoms with Gasteiger partial charge in [0.15, 0.2) is 11.5 Å². The summed E-state index contributed by atoms with van der Waals surface area (Å²) in [6, 6.07) is 4.43. The molecule has 3 aliphatic rings. The fraction of sp³-hybridized carbons (Fsp3) is 0.412. The summed E-state index contributed by atoms with van der Waals surface area (Å²) < 4.78 is 10.6. The highest BCUT2D eigenvalue weighted by Crippen LogP contribution is 2.37. The van der Waals surface area contributed by atoms with Gasteiger partial charge >= 0.3 is 0 Å². The maximum Gasteiger partial charge on any atom is 0.249 e. The number of piperidine rings is 1. The van der Waals surface area contributed by atoms with Gasteiger partial charge in [-0.2, -0.15) is 0 Å². The zero-order valence-corrected chi connectivity index (χ0v) is 13.8. The number of anilines is 1. The van der Waals surface area contributed by atoms with Gasteiger partial charge in [0, 0.05) is 31.1 Å². The number of ether oxygens (including phenoxy) is 2. The van der Waals surface area contributed by atoms with Crippen LogP contribution < -0.4 is 25.0 Å². The highest BCUT2D eigenvalue weighted by molar-refractivity contribution is 6.03. The Bertz CT molecular complexity index is 808. The summed E-state index contributed by atoms with van der Waals surface area (Å²) in [5.41, 5.74) is 0.635. The number of nitrogens with zero attached hydrogens (tertiary/aromatic N) is 1. The predicted octanol–water partition coefficient (Wildman–Crippen LogP) is -0.310. The fourth-order valence-electron chi connectivity index (χ4n) is 3.31. The third-order valence-electron chi connectivity index (χ3n) is 4.72. The Hall–Kier alpha value is -3.10. The minimum absolute atomic E-state index is 0.0630. The van der Waals surface area contributed by atoms with E-state index in [1.165, 1.54) is 4.90 Å². The minimum Gasteiger partial charge on any atom is -0.454 e. The van der Waals surface area contributed by atoms with E-state index in [-0.39, 0.29) is 50.3 Å². The largest absolute Gasteiger partial charge is 0.454 e. The molecule has 0 aromatic heterocycles. The second kappa shape index (κ2) is 6.32. The molecule has 9 nitrogen and oxygen atoms in total. The van der Waals surface area contributed by atoms with Crippen molar-refractivity contribution in [2.45, 2.75) is 25.3 Å². The van der Waals surface area contributed by atoms with Crippen molar-refractivity contribution < 1.29 is 28.7 Å². The van der Waals surface area contributed by atoms with Crippen molar-refractivity contribution in [2.75, 3.05) is 18.2 Å². The number of imide groups is 1. The van der Waals surface area contributed by atoms with Crippen LogP contribution >= 0.6 is 0 Å². The lowest BCUT2D eigenvalue weighted by Gasteiger charge is -2.23. The first-order chi connectivity index (χ1) is 12.5. The van der Waals surface area contributed by atoms with Gasteiger partial charge in [0.1, 0.15) is 6.04 Å². The number of nitrogens with one attached hydrogen (secondary N) is 2. The molecule has 4 rings (SSSR count). The molecule has 0 bridgehead atoms. The fourth-order valence-corrected chi connectivity index (χ4v) is 3.31. The third-order valence-corrected chi connectivity index (χ3v) is 4.72. The number of carbonyl (C=O) groups is 4. The number of fused-ring (bicyclic) bond motifs is 1. The first-order valence-corrected chi connectivity index (χ1v) is 8.35. The first kappa shape index (κ1) is 16.4. The Kier molecular flexibility index (Phi) is 3.98. The highest BCUT2D eigenvalue weighted by Gasteiger charge is 2.37. The van der Waals surface area contributed by atoms with E-state index in [2.05, 4.69) is 10.6 Å². The van der Waals surface area contributed by atoms with Crippen molar-refractivity contribution in [3.8, 4) is 11.5 Å². The van der Waals surface area contributed by atoms with E-state index in [9.17, 15) is 19.2 Å². The maximum absolute atomic E-state index is 12.5. The van der Waals surface area contributed by atoms with Crippen LogP contribution in [0.5, 0.6) is 11.5 Å². The summed E-state index contributed by atoms with van der Waals surface area (Å²) in [5.74, 6) is -0.766. The molecule has 136 valence electrons. The topological polar surface area (TPSA) is 114 Å². The highest BCUT2D eigenvalue weighted by atomic mass is 16.7. The molecule has 1 aromatic rings. The van der Waals surface area contributed by atoms with E-state index in [0.29, 0.717) is 17.2 Å². The van der Waals surface area contributed by atoms with Crippen molar-refractivity contribution in [2.24, 2.45) is 5.92 Å². The zero-order chi connectivity index (χ0) is 18.3. The summed E-state index contributed by atoms with van der Waals surface area (Å²) in [7, 11) is 0. The number of benzene rings is 1. The Morgan fingerprint density at radius 2 is 2.00 bits per heavy atom. The summed E-state index contributed by atoms with van der Waals surface area (Å²) in [4.78, 5) is 49.2. The SMILES string of the molecule is O=C1CCC(NC(=O)C2CC(=O)N(c3ccc4c(c3)OCO4)C2)C(=O)N1. The van der Waals surface area contributed by atoms with Crippen molar-refractivity contribution >= 4 is 29.3 Å². The van der Waals surface area contributed by atoms with Gasteiger partial charge in [0.05, 0.1) is 5.92 Å². The Balaban J connectivity index is 1.42. The van der Waals surface area contributed by atoms with Gasteiger partial charge < -0.3 is 19.7 Å². The summed E-state index contributed by atoms with van der Waals surface area (Å²) >= 11 is 0. The van der Waals surface area contributed by atoms with E-state index in [4.69, 9.17) is 9.47 Å². The normalized spacial score (nSPS) is 24.6. The van der Waals surface area contributed by atoms with Crippen molar-refractivity contribution in [3.05, 3.63) is 18.2 Å². The Morgan fingerprint density at radius 3 is 2.81 bits per heavy atom. The monoisotopic (exact) mass is 359 g/mol. The molecule has 2 N–H and O–H groups in total. The molecule has 0 radical (unpaired) electrons. The number of amides is 4. The van der Waals surface area contributed by atoms with Crippen LogP contribution in [0.1, 0.15) is 19.3 Å². The van der Waals surface area contributed by atoms with E-state index in [1.54, 1.807) is 18.2 Å². The molecule has 2 atom stereocenters. The minimum atomic E-state index is -0.741. The molecular formula is C17H17N3O6. The van der Waals surface area contributed by atoms with Gasteiger partial charge in [0.2, 0.25) is 30.4 Å². The summed E-state index contributed by atoms with van der Waals surface area (Å²) in [6.45, 7) is 0.362. The quantitative estimate of drug-likeness (QED) is 0.716. The molecule has 3 aliphatic heterocycles. The molecule has 4 amide bonds. The molecule has 0 spiro atoms. The number of hydrogen-bond donors (Lipinski definition) is 2. The molecule has 26 heavy (non-hydrogen) atoms. The van der Waals surface area contributed by atoms with Crippen LogP contribution in [-0.4, -0.2) is 43.0 Å². The molecule has 3 heterocycles. The van der Waals surface area contributed by atoms with Crippen LogP contribution in [0.2, 0.25) is 0 Å². The smallest absolute Gasteiger partial charge is 0.249 e. The van der Waals surface area contributed by atoms with Gasteiger partial charge in [-0.3, -0.25) is 24.5 Å². The Morgan fingerprint density at radius 1 is 1.19 bits per heavy atom. The van der Waals surface area contributed by atoms with Crippen molar-refractivity contribution in [1.82, 2.24) is 10.6 Å².